The largest absolute Gasteiger partial charge is 0.353 e. The van der Waals surface area contributed by atoms with E-state index in [4.69, 9.17) is 23.2 Å². The van der Waals surface area contributed by atoms with Crippen molar-refractivity contribution < 1.29 is 4.79 Å². The molecule has 3 nitrogen and oxygen atoms in total. The first kappa shape index (κ1) is 18.8. The van der Waals surface area contributed by atoms with Crippen molar-refractivity contribution in [2.45, 2.75) is 56.8 Å². The van der Waals surface area contributed by atoms with Crippen molar-refractivity contribution in [3.63, 3.8) is 0 Å². The number of halogens is 2. The minimum atomic E-state index is 0.0906. The normalized spacial score (nSPS) is 24.7. The minimum absolute atomic E-state index is 0.0906. The number of fused-ring (bicyclic) bond motifs is 2. The van der Waals surface area contributed by atoms with Gasteiger partial charge in [0.2, 0.25) is 5.91 Å². The lowest BCUT2D eigenvalue weighted by Gasteiger charge is -2.39. The highest BCUT2D eigenvalue weighted by Crippen LogP contribution is 2.37. The quantitative estimate of drug-likeness (QED) is 0.774. The maximum absolute atomic E-state index is 12.4. The van der Waals surface area contributed by atoms with Crippen molar-refractivity contribution >= 4 is 29.1 Å². The average molecular weight is 403 g/mol. The zero-order chi connectivity index (χ0) is 18.8. The third-order valence-electron chi connectivity index (χ3n) is 5.78. The van der Waals surface area contributed by atoms with E-state index in [2.05, 4.69) is 22.3 Å². The SMILES string of the molecule is O=C(Cc1cccc(Cl)c1)NC1C[C@H]2CC[C@@H](C1)N2Cc1ccc(Cl)cc1. The maximum atomic E-state index is 12.4. The van der Waals surface area contributed by atoms with Crippen LogP contribution in [0.15, 0.2) is 48.5 Å². The number of benzene rings is 2. The van der Waals surface area contributed by atoms with Gasteiger partial charge < -0.3 is 5.32 Å². The van der Waals surface area contributed by atoms with Crippen LogP contribution in [0.2, 0.25) is 10.0 Å². The smallest absolute Gasteiger partial charge is 0.224 e. The van der Waals surface area contributed by atoms with Gasteiger partial charge in [0.1, 0.15) is 0 Å². The molecule has 2 aromatic carbocycles. The summed E-state index contributed by atoms with van der Waals surface area (Å²) in [7, 11) is 0. The van der Waals surface area contributed by atoms with E-state index in [0.717, 1.165) is 30.0 Å². The second-order valence-corrected chi connectivity index (χ2v) is 8.60. The van der Waals surface area contributed by atoms with E-state index in [-0.39, 0.29) is 11.9 Å². The summed E-state index contributed by atoms with van der Waals surface area (Å²) in [4.78, 5) is 15.1. The van der Waals surface area contributed by atoms with Crippen molar-refractivity contribution in [2.24, 2.45) is 0 Å². The van der Waals surface area contributed by atoms with Crippen molar-refractivity contribution in [2.75, 3.05) is 0 Å². The number of carbonyl (C=O) groups excluding carboxylic acids is 1. The number of carbonyl (C=O) groups is 1. The summed E-state index contributed by atoms with van der Waals surface area (Å²) in [6.45, 7) is 0.968. The molecule has 1 N–H and O–H groups in total. The Morgan fingerprint density at radius 1 is 0.963 bits per heavy atom. The monoisotopic (exact) mass is 402 g/mol. The molecule has 2 aliphatic heterocycles. The fourth-order valence-electron chi connectivity index (χ4n) is 4.56. The van der Waals surface area contributed by atoms with E-state index in [1.54, 1.807) is 0 Å². The fraction of sp³-hybridized carbons (Fsp3) is 0.409. The molecule has 2 heterocycles. The molecule has 3 atom stereocenters. The Balaban J connectivity index is 1.33. The number of amides is 1. The lowest BCUT2D eigenvalue weighted by Crippen LogP contribution is -2.50. The molecule has 0 spiro atoms. The van der Waals surface area contributed by atoms with Crippen LogP contribution in [0.5, 0.6) is 0 Å². The van der Waals surface area contributed by atoms with Crippen molar-refractivity contribution in [1.82, 2.24) is 10.2 Å². The zero-order valence-corrected chi connectivity index (χ0v) is 16.7. The molecule has 2 aromatic rings. The highest BCUT2D eigenvalue weighted by Gasteiger charge is 2.40. The van der Waals surface area contributed by atoms with Gasteiger partial charge in [-0.25, -0.2) is 0 Å². The first-order valence-corrected chi connectivity index (χ1v) is 10.4. The molecule has 0 radical (unpaired) electrons. The lowest BCUT2D eigenvalue weighted by molar-refractivity contribution is -0.121. The number of nitrogens with one attached hydrogen (secondary N) is 1. The Morgan fingerprint density at radius 3 is 2.33 bits per heavy atom. The van der Waals surface area contributed by atoms with Crippen LogP contribution in [0.25, 0.3) is 0 Å². The number of nitrogens with zero attached hydrogens (tertiary/aromatic N) is 1. The Labute approximate surface area is 170 Å². The van der Waals surface area contributed by atoms with Crippen LogP contribution < -0.4 is 5.32 Å². The van der Waals surface area contributed by atoms with E-state index in [1.165, 1.54) is 18.4 Å². The number of rotatable bonds is 5. The highest BCUT2D eigenvalue weighted by molar-refractivity contribution is 6.30. The van der Waals surface area contributed by atoms with Gasteiger partial charge >= 0.3 is 0 Å². The number of hydrogen-bond acceptors (Lipinski definition) is 2. The average Bonchev–Trinajstić information content (AvgIpc) is 2.86. The van der Waals surface area contributed by atoms with Gasteiger partial charge in [-0.05, 0) is 61.1 Å². The minimum Gasteiger partial charge on any atom is -0.353 e. The molecule has 1 unspecified atom stereocenters. The third kappa shape index (κ3) is 4.66. The van der Waals surface area contributed by atoms with Gasteiger partial charge in [0.05, 0.1) is 6.42 Å². The van der Waals surface area contributed by atoms with E-state index in [1.807, 2.05) is 36.4 Å². The summed E-state index contributed by atoms with van der Waals surface area (Å²) in [5, 5.41) is 4.71. The Kier molecular flexibility index (Phi) is 5.72. The van der Waals surface area contributed by atoms with Crippen molar-refractivity contribution in [3.8, 4) is 0 Å². The van der Waals surface area contributed by atoms with E-state index < -0.39 is 0 Å². The van der Waals surface area contributed by atoms with E-state index >= 15 is 0 Å². The van der Waals surface area contributed by atoms with E-state index in [0.29, 0.717) is 23.5 Å². The zero-order valence-electron chi connectivity index (χ0n) is 15.2. The first-order chi connectivity index (χ1) is 13.1. The molecule has 2 fully saturated rings. The highest BCUT2D eigenvalue weighted by atomic mass is 35.5. The molecule has 27 heavy (non-hydrogen) atoms. The van der Waals surface area contributed by atoms with Gasteiger partial charge in [0.25, 0.3) is 0 Å². The third-order valence-corrected chi connectivity index (χ3v) is 6.27. The lowest BCUT2D eigenvalue weighted by atomic mass is 9.96. The van der Waals surface area contributed by atoms with Gasteiger partial charge in [-0.1, -0.05) is 47.5 Å². The molecule has 2 saturated heterocycles. The standard InChI is InChI=1S/C22H24Cl2N2O/c23-17-6-4-15(5-7-17)14-26-20-8-9-21(26)13-19(12-20)25-22(27)11-16-2-1-3-18(24)10-16/h1-7,10,19-21H,8-9,11-14H2,(H,25,27)/t19?,20-,21+. The van der Waals surface area contributed by atoms with Crippen LogP contribution in [0.4, 0.5) is 0 Å². The molecule has 0 saturated carbocycles. The summed E-state index contributed by atoms with van der Waals surface area (Å²) >= 11 is 12.0. The van der Waals surface area contributed by atoms with Crippen LogP contribution >= 0.6 is 23.2 Å². The van der Waals surface area contributed by atoms with Crippen LogP contribution in [-0.4, -0.2) is 28.9 Å². The van der Waals surface area contributed by atoms with Gasteiger partial charge in [-0.15, -0.1) is 0 Å². The molecule has 0 aliphatic carbocycles. The van der Waals surface area contributed by atoms with Crippen LogP contribution in [-0.2, 0) is 17.8 Å². The summed E-state index contributed by atoms with van der Waals surface area (Å²) in [5.74, 6) is 0.0906. The summed E-state index contributed by atoms with van der Waals surface area (Å²) in [5.41, 5.74) is 2.27. The van der Waals surface area contributed by atoms with Crippen LogP contribution in [0.1, 0.15) is 36.8 Å². The Hall–Kier alpha value is -1.55. The fourth-order valence-corrected chi connectivity index (χ4v) is 4.90. The van der Waals surface area contributed by atoms with Crippen LogP contribution in [0, 0.1) is 0 Å². The number of hydrogen-bond donors (Lipinski definition) is 1. The second kappa shape index (κ2) is 8.22. The maximum Gasteiger partial charge on any atom is 0.224 e. The summed E-state index contributed by atoms with van der Waals surface area (Å²) in [6.07, 6.45) is 4.90. The summed E-state index contributed by atoms with van der Waals surface area (Å²) < 4.78 is 0. The molecule has 2 bridgehead atoms. The van der Waals surface area contributed by atoms with Crippen molar-refractivity contribution in [1.29, 1.82) is 0 Å². The van der Waals surface area contributed by atoms with Crippen molar-refractivity contribution in [3.05, 3.63) is 69.7 Å². The second-order valence-electron chi connectivity index (χ2n) is 7.73. The molecule has 5 heteroatoms. The molecule has 1 amide bonds. The molecule has 0 aromatic heterocycles. The molecule has 142 valence electrons. The molecule has 4 rings (SSSR count). The molecule has 2 aliphatic rings. The van der Waals surface area contributed by atoms with Crippen LogP contribution in [0.3, 0.4) is 0 Å². The van der Waals surface area contributed by atoms with Gasteiger partial charge in [-0.2, -0.15) is 0 Å². The van der Waals surface area contributed by atoms with E-state index in [9.17, 15) is 4.79 Å². The topological polar surface area (TPSA) is 32.3 Å². The predicted octanol–water partition coefficient (Wildman–Crippen LogP) is 4.85. The van der Waals surface area contributed by atoms with Gasteiger partial charge in [-0.3, -0.25) is 9.69 Å². The Morgan fingerprint density at radius 2 is 1.67 bits per heavy atom. The molecular formula is C22H24Cl2N2O. The molecular weight excluding hydrogens is 379 g/mol. The van der Waals surface area contributed by atoms with Gasteiger partial charge in [0, 0.05) is 34.7 Å². The number of piperidine rings is 1. The predicted molar refractivity (Wildman–Crippen MR) is 110 cm³/mol. The van der Waals surface area contributed by atoms with Gasteiger partial charge in [0.15, 0.2) is 0 Å². The summed E-state index contributed by atoms with van der Waals surface area (Å²) in [6, 6.07) is 17.0. The first-order valence-electron chi connectivity index (χ1n) is 9.61. The Bertz CT molecular complexity index is 794.